The Morgan fingerprint density at radius 3 is 2.59 bits per heavy atom. The Bertz CT molecular complexity index is 532. The Labute approximate surface area is 100 Å². The van der Waals surface area contributed by atoms with Crippen molar-refractivity contribution in [3.8, 4) is 11.6 Å². The van der Waals surface area contributed by atoms with Crippen LogP contribution >= 0.6 is 0 Å². The van der Waals surface area contributed by atoms with Crippen LogP contribution in [-0.2, 0) is 0 Å². The van der Waals surface area contributed by atoms with E-state index < -0.39 is 0 Å². The van der Waals surface area contributed by atoms with E-state index in [1.807, 2.05) is 26.0 Å². The van der Waals surface area contributed by atoms with Crippen molar-refractivity contribution < 1.29 is 9.53 Å². The van der Waals surface area contributed by atoms with E-state index >= 15 is 0 Å². The Kier molecular flexibility index (Phi) is 3.19. The second-order valence-electron chi connectivity index (χ2n) is 3.92. The Morgan fingerprint density at radius 1 is 1.18 bits per heavy atom. The number of pyridine rings is 1. The third-order valence-electron chi connectivity index (χ3n) is 2.43. The third-order valence-corrected chi connectivity index (χ3v) is 2.43. The molecule has 0 N–H and O–H groups in total. The van der Waals surface area contributed by atoms with Gasteiger partial charge in [0, 0.05) is 17.8 Å². The molecule has 0 aliphatic rings. The molecule has 0 radical (unpaired) electrons. The van der Waals surface area contributed by atoms with Gasteiger partial charge in [-0.25, -0.2) is 4.98 Å². The molecule has 0 atom stereocenters. The van der Waals surface area contributed by atoms with E-state index in [1.165, 1.54) is 0 Å². The number of aldehydes is 1. The molecule has 0 saturated heterocycles. The van der Waals surface area contributed by atoms with E-state index in [2.05, 4.69) is 4.98 Å². The van der Waals surface area contributed by atoms with Gasteiger partial charge in [0.1, 0.15) is 12.0 Å². The number of rotatable bonds is 3. The zero-order valence-corrected chi connectivity index (χ0v) is 9.81. The summed E-state index contributed by atoms with van der Waals surface area (Å²) in [6.45, 7) is 3.87. The number of aryl methyl sites for hydroxylation is 2. The van der Waals surface area contributed by atoms with E-state index in [4.69, 9.17) is 4.74 Å². The summed E-state index contributed by atoms with van der Waals surface area (Å²) in [6.07, 6.45) is 2.57. The summed E-state index contributed by atoms with van der Waals surface area (Å²) in [4.78, 5) is 14.8. The summed E-state index contributed by atoms with van der Waals surface area (Å²) in [5.74, 6) is 1.27. The average Bonchev–Trinajstić information content (AvgIpc) is 2.34. The molecule has 0 spiro atoms. The first-order chi connectivity index (χ1) is 8.19. The third kappa shape index (κ3) is 2.69. The van der Waals surface area contributed by atoms with Crippen molar-refractivity contribution in [1.82, 2.24) is 4.98 Å². The molecule has 0 saturated carbocycles. The molecule has 3 heteroatoms. The first-order valence-electron chi connectivity index (χ1n) is 5.35. The number of aromatic nitrogens is 1. The van der Waals surface area contributed by atoms with Crippen molar-refractivity contribution in [1.29, 1.82) is 0 Å². The zero-order chi connectivity index (χ0) is 12.3. The number of nitrogens with zero attached hydrogens (tertiary/aromatic N) is 1. The average molecular weight is 227 g/mol. The molecule has 1 aromatic carbocycles. The smallest absolute Gasteiger partial charge is 0.219 e. The van der Waals surface area contributed by atoms with Crippen LogP contribution in [0.1, 0.15) is 21.5 Å². The quantitative estimate of drug-likeness (QED) is 0.755. The van der Waals surface area contributed by atoms with Crippen LogP contribution in [0.25, 0.3) is 0 Å². The van der Waals surface area contributed by atoms with Gasteiger partial charge in [-0.1, -0.05) is 6.07 Å². The molecule has 0 fully saturated rings. The monoisotopic (exact) mass is 227 g/mol. The van der Waals surface area contributed by atoms with E-state index in [1.54, 1.807) is 24.4 Å². The molecule has 86 valence electrons. The highest BCUT2D eigenvalue weighted by atomic mass is 16.5. The van der Waals surface area contributed by atoms with Crippen LogP contribution < -0.4 is 4.74 Å². The van der Waals surface area contributed by atoms with Crippen molar-refractivity contribution in [2.45, 2.75) is 13.8 Å². The maximum Gasteiger partial charge on any atom is 0.219 e. The fourth-order valence-corrected chi connectivity index (χ4v) is 1.49. The molecule has 1 aromatic heterocycles. The van der Waals surface area contributed by atoms with Crippen molar-refractivity contribution in [3.05, 3.63) is 53.2 Å². The highest BCUT2D eigenvalue weighted by molar-refractivity contribution is 5.75. The van der Waals surface area contributed by atoms with Crippen LogP contribution in [0.3, 0.4) is 0 Å². The van der Waals surface area contributed by atoms with Gasteiger partial charge in [0.25, 0.3) is 0 Å². The van der Waals surface area contributed by atoms with Crippen LogP contribution in [0.15, 0.2) is 36.5 Å². The number of carbonyl (C=O) groups excluding carboxylic acids is 1. The molecule has 2 aromatic rings. The Morgan fingerprint density at radius 2 is 2.00 bits per heavy atom. The lowest BCUT2D eigenvalue weighted by Crippen LogP contribution is -1.91. The van der Waals surface area contributed by atoms with Crippen LogP contribution in [-0.4, -0.2) is 11.3 Å². The lowest BCUT2D eigenvalue weighted by Gasteiger charge is -2.08. The second-order valence-corrected chi connectivity index (χ2v) is 3.92. The summed E-state index contributed by atoms with van der Waals surface area (Å²) in [6, 6.07) is 9.06. The van der Waals surface area contributed by atoms with Gasteiger partial charge >= 0.3 is 0 Å². The minimum Gasteiger partial charge on any atom is -0.439 e. The standard InChI is InChI=1S/C14H13NO2/c1-10-3-6-14(15-8-10)17-13-5-4-12(9-16)7-11(13)2/h3-9H,1-2H3. The maximum atomic E-state index is 10.6. The molecule has 2 rings (SSSR count). The van der Waals surface area contributed by atoms with Gasteiger partial charge in [0.05, 0.1) is 0 Å². The van der Waals surface area contributed by atoms with Gasteiger partial charge in [0.2, 0.25) is 5.88 Å². The van der Waals surface area contributed by atoms with Gasteiger partial charge < -0.3 is 4.74 Å². The minimum atomic E-state index is 0.553. The van der Waals surface area contributed by atoms with Crippen LogP contribution in [0.5, 0.6) is 11.6 Å². The fraction of sp³-hybridized carbons (Fsp3) is 0.143. The molecule has 0 aliphatic carbocycles. The Balaban J connectivity index is 2.24. The normalized spacial score (nSPS) is 10.0. The topological polar surface area (TPSA) is 39.2 Å². The first kappa shape index (κ1) is 11.3. The number of carbonyl (C=O) groups is 1. The molecular formula is C14H13NO2. The van der Waals surface area contributed by atoms with Crippen LogP contribution in [0, 0.1) is 13.8 Å². The highest BCUT2D eigenvalue weighted by Gasteiger charge is 2.03. The minimum absolute atomic E-state index is 0.553. The highest BCUT2D eigenvalue weighted by Crippen LogP contribution is 2.23. The lowest BCUT2D eigenvalue weighted by molar-refractivity contribution is 0.112. The van der Waals surface area contributed by atoms with E-state index in [-0.39, 0.29) is 0 Å². The molecular weight excluding hydrogens is 214 g/mol. The molecule has 0 amide bonds. The first-order valence-corrected chi connectivity index (χ1v) is 5.35. The van der Waals surface area contributed by atoms with Gasteiger partial charge in [-0.15, -0.1) is 0 Å². The maximum absolute atomic E-state index is 10.6. The van der Waals surface area contributed by atoms with Crippen molar-refractivity contribution in [2.75, 3.05) is 0 Å². The molecule has 0 bridgehead atoms. The summed E-state index contributed by atoms with van der Waals surface area (Å²) >= 11 is 0. The predicted molar refractivity (Wildman–Crippen MR) is 65.6 cm³/mol. The number of ether oxygens (including phenoxy) is 1. The molecule has 17 heavy (non-hydrogen) atoms. The molecule has 0 aliphatic heterocycles. The largest absolute Gasteiger partial charge is 0.439 e. The second kappa shape index (κ2) is 4.78. The van der Waals surface area contributed by atoms with Gasteiger partial charge in [-0.05, 0) is 43.2 Å². The summed E-state index contributed by atoms with van der Waals surface area (Å²) in [7, 11) is 0. The van der Waals surface area contributed by atoms with Crippen molar-refractivity contribution in [3.63, 3.8) is 0 Å². The number of hydrogen-bond donors (Lipinski definition) is 0. The van der Waals surface area contributed by atoms with Gasteiger partial charge in [-0.3, -0.25) is 4.79 Å². The van der Waals surface area contributed by atoms with Gasteiger partial charge in [-0.2, -0.15) is 0 Å². The predicted octanol–water partition coefficient (Wildman–Crippen LogP) is 3.30. The van der Waals surface area contributed by atoms with E-state index in [0.717, 1.165) is 17.4 Å². The van der Waals surface area contributed by atoms with Crippen molar-refractivity contribution >= 4 is 6.29 Å². The van der Waals surface area contributed by atoms with Crippen LogP contribution in [0.4, 0.5) is 0 Å². The van der Waals surface area contributed by atoms with Gasteiger partial charge in [0.15, 0.2) is 0 Å². The van der Waals surface area contributed by atoms with E-state index in [9.17, 15) is 4.79 Å². The fourth-order valence-electron chi connectivity index (χ4n) is 1.49. The molecule has 1 heterocycles. The summed E-state index contributed by atoms with van der Waals surface area (Å²) in [5.41, 5.74) is 2.65. The Hall–Kier alpha value is -2.16. The zero-order valence-electron chi connectivity index (χ0n) is 9.81. The summed E-state index contributed by atoms with van der Waals surface area (Å²) < 4.78 is 5.64. The number of benzene rings is 1. The summed E-state index contributed by atoms with van der Waals surface area (Å²) in [5, 5.41) is 0. The lowest BCUT2D eigenvalue weighted by atomic mass is 10.1. The number of hydrogen-bond acceptors (Lipinski definition) is 3. The van der Waals surface area contributed by atoms with Crippen LogP contribution in [0.2, 0.25) is 0 Å². The molecule has 0 unspecified atom stereocenters. The van der Waals surface area contributed by atoms with Crippen molar-refractivity contribution in [2.24, 2.45) is 0 Å². The van der Waals surface area contributed by atoms with E-state index in [0.29, 0.717) is 17.2 Å². The SMILES string of the molecule is Cc1ccc(Oc2ccc(C=O)cc2C)nc1. The molecule has 3 nitrogen and oxygen atoms in total.